The second-order valence-corrected chi connectivity index (χ2v) is 16.7. The minimum atomic E-state index is 0.610. The van der Waals surface area contributed by atoms with E-state index in [1.165, 1.54) is 36.3 Å². The van der Waals surface area contributed by atoms with Gasteiger partial charge in [-0.3, -0.25) is 0 Å². The van der Waals surface area contributed by atoms with Gasteiger partial charge in [0.2, 0.25) is 0 Å². The summed E-state index contributed by atoms with van der Waals surface area (Å²) in [7, 11) is 0. The SMILES string of the molecule is c1ccc(-c2cc(-c3cccc(-c4cccc(-c5nc(-c6ccccc6)nc(-c6cc7sc8c9ccccc9ccc8c7c7ccccc67)n5)c4)c3)nc(-c3ccccc3)n2)cc1. The summed E-state index contributed by atoms with van der Waals surface area (Å²) in [4.78, 5) is 25.8. The average molecular weight is 822 g/mol. The van der Waals surface area contributed by atoms with E-state index in [2.05, 4.69) is 158 Å². The largest absolute Gasteiger partial charge is 0.228 e. The van der Waals surface area contributed by atoms with E-state index >= 15 is 0 Å². The van der Waals surface area contributed by atoms with Crippen LogP contribution >= 0.6 is 11.3 Å². The molecule has 9 aromatic carbocycles. The second kappa shape index (κ2) is 15.4. The Morgan fingerprint density at radius 1 is 0.286 bits per heavy atom. The van der Waals surface area contributed by atoms with Crippen LogP contribution in [-0.2, 0) is 0 Å². The molecule has 12 aromatic rings. The molecular formula is C57H35N5S. The summed E-state index contributed by atoms with van der Waals surface area (Å²) >= 11 is 1.83. The zero-order valence-electron chi connectivity index (χ0n) is 33.9. The molecule has 3 aromatic heterocycles. The van der Waals surface area contributed by atoms with Crippen molar-refractivity contribution in [2.45, 2.75) is 0 Å². The van der Waals surface area contributed by atoms with Gasteiger partial charge < -0.3 is 0 Å². The first kappa shape index (κ1) is 36.6. The number of rotatable bonds is 7. The van der Waals surface area contributed by atoms with Crippen molar-refractivity contribution in [1.29, 1.82) is 0 Å². The lowest BCUT2D eigenvalue weighted by Crippen LogP contribution is -2.00. The van der Waals surface area contributed by atoms with Crippen molar-refractivity contribution in [2.24, 2.45) is 0 Å². The third-order valence-electron chi connectivity index (χ3n) is 11.7. The zero-order valence-corrected chi connectivity index (χ0v) is 34.7. The van der Waals surface area contributed by atoms with Crippen LogP contribution in [-0.4, -0.2) is 24.9 Å². The van der Waals surface area contributed by atoms with Crippen LogP contribution in [0.15, 0.2) is 212 Å². The van der Waals surface area contributed by atoms with E-state index in [4.69, 9.17) is 24.9 Å². The number of nitrogens with zero attached hydrogens (tertiary/aromatic N) is 5. The first-order chi connectivity index (χ1) is 31.2. The smallest absolute Gasteiger partial charge is 0.164 e. The number of hydrogen-bond acceptors (Lipinski definition) is 6. The topological polar surface area (TPSA) is 64.5 Å². The predicted molar refractivity (Wildman–Crippen MR) is 261 cm³/mol. The highest BCUT2D eigenvalue weighted by molar-refractivity contribution is 7.27. The summed E-state index contributed by atoms with van der Waals surface area (Å²) in [6.07, 6.45) is 0. The number of fused-ring (bicyclic) bond motifs is 7. The summed E-state index contributed by atoms with van der Waals surface area (Å²) in [5.41, 5.74) is 9.65. The van der Waals surface area contributed by atoms with E-state index in [1.54, 1.807) is 0 Å². The number of aromatic nitrogens is 5. The molecule has 0 radical (unpaired) electrons. The molecule has 0 saturated heterocycles. The van der Waals surface area contributed by atoms with E-state index < -0.39 is 0 Å². The maximum absolute atomic E-state index is 5.30. The summed E-state index contributed by atoms with van der Waals surface area (Å²) in [6, 6.07) is 73.8. The van der Waals surface area contributed by atoms with Crippen LogP contribution in [0.25, 0.3) is 121 Å². The minimum Gasteiger partial charge on any atom is -0.228 e. The van der Waals surface area contributed by atoms with Crippen molar-refractivity contribution >= 4 is 53.1 Å². The lowest BCUT2D eigenvalue weighted by molar-refractivity contribution is 1.08. The molecular weight excluding hydrogens is 787 g/mol. The van der Waals surface area contributed by atoms with Crippen molar-refractivity contribution < 1.29 is 0 Å². The maximum atomic E-state index is 5.30. The summed E-state index contributed by atoms with van der Waals surface area (Å²) in [5, 5.41) is 7.34. The summed E-state index contributed by atoms with van der Waals surface area (Å²) < 4.78 is 2.50. The molecule has 6 heteroatoms. The molecule has 0 aliphatic rings. The van der Waals surface area contributed by atoms with Crippen LogP contribution in [0.4, 0.5) is 0 Å². The Kier molecular flexibility index (Phi) is 8.94. The lowest BCUT2D eigenvalue weighted by atomic mass is 9.97. The standard InChI is InChI=1S/C57H35N5S/c1-4-17-37(18-5-1)49-35-50(59-54(58-49)38-19-6-2-7-20-38)42-25-14-23-40(32-42)41-24-15-26-43(33-41)56-60-55(39-21-8-3-9-22-39)61-57(62-56)48-34-51-52(46-29-13-12-28-45(46)48)47-31-30-36-16-10-11-27-44(36)53(47)63-51/h1-35H. The Labute approximate surface area is 367 Å². The average Bonchev–Trinajstić information content (AvgIpc) is 3.76. The van der Waals surface area contributed by atoms with Gasteiger partial charge in [-0.2, -0.15) is 0 Å². The van der Waals surface area contributed by atoms with Gasteiger partial charge >= 0.3 is 0 Å². The lowest BCUT2D eigenvalue weighted by Gasteiger charge is -2.12. The van der Waals surface area contributed by atoms with Gasteiger partial charge in [-0.15, -0.1) is 11.3 Å². The first-order valence-corrected chi connectivity index (χ1v) is 21.8. The Morgan fingerprint density at radius 3 is 1.48 bits per heavy atom. The highest BCUT2D eigenvalue weighted by Crippen LogP contribution is 2.45. The van der Waals surface area contributed by atoms with E-state index in [1.807, 2.05) is 65.9 Å². The molecule has 0 unspecified atom stereocenters. The zero-order chi connectivity index (χ0) is 41.7. The van der Waals surface area contributed by atoms with Crippen molar-refractivity contribution in [1.82, 2.24) is 24.9 Å². The molecule has 12 rings (SSSR count). The Balaban J connectivity index is 0.993. The van der Waals surface area contributed by atoms with Gasteiger partial charge in [-0.1, -0.05) is 188 Å². The van der Waals surface area contributed by atoms with Gasteiger partial charge in [0, 0.05) is 53.6 Å². The minimum absolute atomic E-state index is 0.610. The number of benzene rings is 9. The van der Waals surface area contributed by atoms with Gasteiger partial charge in [0.05, 0.1) is 11.4 Å². The molecule has 3 heterocycles. The molecule has 63 heavy (non-hydrogen) atoms. The van der Waals surface area contributed by atoms with Crippen LogP contribution < -0.4 is 0 Å². The molecule has 0 aliphatic carbocycles. The van der Waals surface area contributed by atoms with Crippen LogP contribution in [0.2, 0.25) is 0 Å². The molecule has 0 aliphatic heterocycles. The molecule has 0 N–H and O–H groups in total. The van der Waals surface area contributed by atoms with Crippen LogP contribution in [0.1, 0.15) is 0 Å². The molecule has 294 valence electrons. The fraction of sp³-hybridized carbons (Fsp3) is 0. The van der Waals surface area contributed by atoms with E-state index in [0.29, 0.717) is 23.3 Å². The van der Waals surface area contributed by atoms with Gasteiger partial charge in [0.1, 0.15) is 0 Å². The van der Waals surface area contributed by atoms with E-state index in [0.717, 1.165) is 61.3 Å². The highest BCUT2D eigenvalue weighted by Gasteiger charge is 2.19. The van der Waals surface area contributed by atoms with Crippen molar-refractivity contribution in [3.05, 3.63) is 212 Å². The summed E-state index contributed by atoms with van der Waals surface area (Å²) in [5.74, 6) is 2.56. The molecule has 0 atom stereocenters. The van der Waals surface area contributed by atoms with Gasteiger partial charge in [-0.25, -0.2) is 24.9 Å². The molecule has 0 saturated carbocycles. The van der Waals surface area contributed by atoms with Crippen LogP contribution in [0.5, 0.6) is 0 Å². The normalized spacial score (nSPS) is 11.5. The van der Waals surface area contributed by atoms with Gasteiger partial charge in [0.15, 0.2) is 23.3 Å². The fourth-order valence-electron chi connectivity index (χ4n) is 8.66. The number of thiophene rings is 1. The quantitative estimate of drug-likeness (QED) is 0.160. The second-order valence-electron chi connectivity index (χ2n) is 15.6. The van der Waals surface area contributed by atoms with Crippen molar-refractivity contribution in [3.8, 4) is 79.2 Å². The molecule has 5 nitrogen and oxygen atoms in total. The molecule has 0 amide bonds. The number of hydrogen-bond donors (Lipinski definition) is 0. The van der Waals surface area contributed by atoms with Crippen molar-refractivity contribution in [2.75, 3.05) is 0 Å². The van der Waals surface area contributed by atoms with Crippen LogP contribution in [0, 0.1) is 0 Å². The van der Waals surface area contributed by atoms with Crippen LogP contribution in [0.3, 0.4) is 0 Å². The molecule has 0 bridgehead atoms. The molecule has 0 fully saturated rings. The van der Waals surface area contributed by atoms with E-state index in [-0.39, 0.29) is 0 Å². The Morgan fingerprint density at radius 2 is 0.778 bits per heavy atom. The Hall–Kier alpha value is -8.19. The monoisotopic (exact) mass is 821 g/mol. The predicted octanol–water partition coefficient (Wildman–Crippen LogP) is 15.0. The molecule has 0 spiro atoms. The van der Waals surface area contributed by atoms with Gasteiger partial charge in [-0.05, 0) is 56.9 Å². The maximum Gasteiger partial charge on any atom is 0.164 e. The first-order valence-electron chi connectivity index (χ1n) is 21.0. The van der Waals surface area contributed by atoms with Gasteiger partial charge in [0.25, 0.3) is 0 Å². The third kappa shape index (κ3) is 6.70. The van der Waals surface area contributed by atoms with E-state index in [9.17, 15) is 0 Å². The third-order valence-corrected chi connectivity index (χ3v) is 12.9. The van der Waals surface area contributed by atoms with Crippen molar-refractivity contribution in [3.63, 3.8) is 0 Å². The Bertz CT molecular complexity index is 3620. The summed E-state index contributed by atoms with van der Waals surface area (Å²) in [6.45, 7) is 0. The highest BCUT2D eigenvalue weighted by atomic mass is 32.1. The fourth-order valence-corrected chi connectivity index (χ4v) is 9.95.